The predicted octanol–water partition coefficient (Wildman–Crippen LogP) is 2.37. The fourth-order valence-electron chi connectivity index (χ4n) is 5.68. The third-order valence-electron chi connectivity index (χ3n) is 6.12. The van der Waals surface area contributed by atoms with E-state index in [1.54, 1.807) is 0 Å². The molecule has 0 aliphatic heterocycles. The highest BCUT2D eigenvalue weighted by molar-refractivity contribution is 5.97. The van der Waals surface area contributed by atoms with E-state index < -0.39 is 17.4 Å². The first-order chi connectivity index (χ1) is 10.4. The number of amides is 1. The van der Waals surface area contributed by atoms with Gasteiger partial charge < -0.3 is 21.1 Å². The van der Waals surface area contributed by atoms with Crippen molar-refractivity contribution in [3.63, 3.8) is 0 Å². The van der Waals surface area contributed by atoms with E-state index >= 15 is 0 Å². The van der Waals surface area contributed by atoms with E-state index in [1.807, 2.05) is 0 Å². The van der Waals surface area contributed by atoms with Gasteiger partial charge in [-0.15, -0.1) is 0 Å². The summed E-state index contributed by atoms with van der Waals surface area (Å²) in [5.74, 6) is -0.334. The van der Waals surface area contributed by atoms with E-state index in [0.717, 1.165) is 19.3 Å². The van der Waals surface area contributed by atoms with Gasteiger partial charge in [-0.2, -0.15) is 0 Å². The maximum absolute atomic E-state index is 11.5. The molecular weight excluding hydrogens is 282 g/mol. The lowest BCUT2D eigenvalue weighted by Gasteiger charge is -2.57. The van der Waals surface area contributed by atoms with Crippen molar-refractivity contribution < 1.29 is 20.1 Å². The van der Waals surface area contributed by atoms with Crippen molar-refractivity contribution in [3.8, 4) is 17.2 Å². The number of phenols is 3. The summed E-state index contributed by atoms with van der Waals surface area (Å²) >= 11 is 0. The molecule has 1 aromatic rings. The molecule has 0 aromatic heterocycles. The van der Waals surface area contributed by atoms with Crippen LogP contribution in [0.5, 0.6) is 17.2 Å². The number of benzene rings is 1. The topological polar surface area (TPSA) is 104 Å². The van der Waals surface area contributed by atoms with Crippen LogP contribution < -0.4 is 5.73 Å². The van der Waals surface area contributed by atoms with Crippen LogP contribution in [0.2, 0.25) is 0 Å². The van der Waals surface area contributed by atoms with E-state index in [1.165, 1.54) is 25.3 Å². The number of primary amides is 1. The lowest BCUT2D eigenvalue weighted by molar-refractivity contribution is -0.00631. The standard InChI is InChI=1S/C17H21NO4/c18-16(22)11-4-12(14(20)15(21)13(11)19)17-5-8-1-9(6-17)3-10(2-8)7-17/h4,8-10,19-21H,1-3,5-7H2,(H2,18,22). The van der Waals surface area contributed by atoms with E-state index in [-0.39, 0.29) is 16.7 Å². The SMILES string of the molecule is NC(=O)c1cc(C23CC4CC(CC(C4)C2)C3)c(O)c(O)c1O. The highest BCUT2D eigenvalue weighted by Crippen LogP contribution is 2.63. The first-order valence-corrected chi connectivity index (χ1v) is 7.98. The molecule has 5 nitrogen and oxygen atoms in total. The third kappa shape index (κ3) is 1.74. The summed E-state index contributed by atoms with van der Waals surface area (Å²) in [5, 5.41) is 30.2. The number of nitrogens with two attached hydrogens (primary N) is 1. The molecule has 0 unspecified atom stereocenters. The number of carbonyl (C=O) groups is 1. The molecule has 4 fully saturated rings. The van der Waals surface area contributed by atoms with Crippen LogP contribution in [0.1, 0.15) is 54.4 Å². The lowest BCUT2D eigenvalue weighted by atomic mass is 9.48. The molecular formula is C17H21NO4. The van der Waals surface area contributed by atoms with Gasteiger partial charge in [0.15, 0.2) is 11.5 Å². The van der Waals surface area contributed by atoms with E-state index in [9.17, 15) is 20.1 Å². The molecule has 0 radical (unpaired) electrons. The Morgan fingerprint density at radius 3 is 1.91 bits per heavy atom. The quantitative estimate of drug-likeness (QED) is 0.630. The van der Waals surface area contributed by atoms with Gasteiger partial charge in [-0.25, -0.2) is 0 Å². The minimum Gasteiger partial charge on any atom is -0.504 e. The van der Waals surface area contributed by atoms with Crippen molar-refractivity contribution in [2.75, 3.05) is 0 Å². The highest BCUT2D eigenvalue weighted by atomic mass is 16.3. The minimum absolute atomic E-state index is 0.110. The zero-order valence-corrected chi connectivity index (χ0v) is 12.4. The van der Waals surface area contributed by atoms with Gasteiger partial charge in [-0.05, 0) is 67.8 Å². The van der Waals surface area contributed by atoms with Crippen molar-refractivity contribution in [3.05, 3.63) is 17.2 Å². The molecule has 5 rings (SSSR count). The fraction of sp³-hybridized carbons (Fsp3) is 0.588. The average Bonchev–Trinajstić information content (AvgIpc) is 2.42. The first kappa shape index (κ1) is 13.7. The summed E-state index contributed by atoms with van der Waals surface area (Å²) in [4.78, 5) is 11.5. The first-order valence-electron chi connectivity index (χ1n) is 7.98. The molecule has 1 amide bonds. The predicted molar refractivity (Wildman–Crippen MR) is 79.8 cm³/mol. The number of hydrogen-bond acceptors (Lipinski definition) is 4. The monoisotopic (exact) mass is 303 g/mol. The van der Waals surface area contributed by atoms with Crippen LogP contribution in [0.3, 0.4) is 0 Å². The van der Waals surface area contributed by atoms with Gasteiger partial charge in [0, 0.05) is 5.56 Å². The Labute approximate surface area is 128 Å². The van der Waals surface area contributed by atoms with Crippen LogP contribution in [-0.2, 0) is 5.41 Å². The van der Waals surface area contributed by atoms with Crippen LogP contribution in [0.25, 0.3) is 0 Å². The zero-order chi connectivity index (χ0) is 15.6. The van der Waals surface area contributed by atoms with Gasteiger partial charge in [0.2, 0.25) is 5.75 Å². The normalized spacial score (nSPS) is 35.7. The number of carbonyl (C=O) groups excluding carboxylic acids is 1. The lowest BCUT2D eigenvalue weighted by Crippen LogP contribution is -2.48. The number of hydrogen-bond donors (Lipinski definition) is 4. The maximum atomic E-state index is 11.5. The Bertz CT molecular complexity index is 632. The van der Waals surface area contributed by atoms with Crippen LogP contribution >= 0.6 is 0 Å². The minimum atomic E-state index is -0.793. The molecule has 118 valence electrons. The van der Waals surface area contributed by atoms with Crippen molar-refractivity contribution in [2.45, 2.75) is 43.9 Å². The Hall–Kier alpha value is -1.91. The number of rotatable bonds is 2. The van der Waals surface area contributed by atoms with Gasteiger partial charge in [-0.1, -0.05) is 0 Å². The molecule has 4 saturated carbocycles. The molecule has 22 heavy (non-hydrogen) atoms. The van der Waals surface area contributed by atoms with Crippen molar-refractivity contribution in [1.29, 1.82) is 0 Å². The highest BCUT2D eigenvalue weighted by Gasteiger charge is 2.53. The van der Waals surface area contributed by atoms with Crippen LogP contribution in [0.15, 0.2) is 6.07 Å². The summed E-state index contributed by atoms with van der Waals surface area (Å²) in [6.07, 6.45) is 6.71. The summed E-state index contributed by atoms with van der Waals surface area (Å²) in [7, 11) is 0. The second-order valence-electron chi connectivity index (χ2n) is 7.58. The van der Waals surface area contributed by atoms with Crippen LogP contribution in [0.4, 0.5) is 0 Å². The van der Waals surface area contributed by atoms with Crippen LogP contribution in [0, 0.1) is 17.8 Å². The third-order valence-corrected chi connectivity index (χ3v) is 6.12. The molecule has 5 N–H and O–H groups in total. The molecule has 5 heteroatoms. The molecule has 4 aliphatic rings. The van der Waals surface area contributed by atoms with Gasteiger partial charge in [0.1, 0.15) is 0 Å². The van der Waals surface area contributed by atoms with E-state index in [4.69, 9.17) is 5.73 Å². The zero-order valence-electron chi connectivity index (χ0n) is 12.4. The van der Waals surface area contributed by atoms with E-state index in [2.05, 4.69) is 0 Å². The van der Waals surface area contributed by atoms with Gasteiger partial charge in [-0.3, -0.25) is 4.79 Å². The fourth-order valence-corrected chi connectivity index (χ4v) is 5.68. The second-order valence-corrected chi connectivity index (χ2v) is 7.58. The molecule has 0 atom stereocenters. The molecule has 0 heterocycles. The number of aromatic hydroxyl groups is 3. The summed E-state index contributed by atoms with van der Waals surface area (Å²) in [6, 6.07) is 1.50. The van der Waals surface area contributed by atoms with Gasteiger partial charge in [0.25, 0.3) is 5.91 Å². The largest absolute Gasteiger partial charge is 0.504 e. The van der Waals surface area contributed by atoms with Gasteiger partial charge >= 0.3 is 0 Å². The Balaban J connectivity index is 1.87. The van der Waals surface area contributed by atoms with E-state index in [0.29, 0.717) is 23.3 Å². The van der Waals surface area contributed by atoms with Gasteiger partial charge in [0.05, 0.1) is 5.56 Å². The molecule has 0 spiro atoms. The Morgan fingerprint density at radius 2 is 1.45 bits per heavy atom. The number of phenolic OH excluding ortho intramolecular Hbond substituents is 2. The smallest absolute Gasteiger partial charge is 0.252 e. The van der Waals surface area contributed by atoms with Crippen molar-refractivity contribution in [1.82, 2.24) is 0 Å². The van der Waals surface area contributed by atoms with Crippen LogP contribution in [-0.4, -0.2) is 21.2 Å². The molecule has 4 bridgehead atoms. The molecule has 1 aromatic carbocycles. The Morgan fingerprint density at radius 1 is 0.955 bits per heavy atom. The second kappa shape index (κ2) is 4.31. The van der Waals surface area contributed by atoms with Crippen molar-refractivity contribution in [2.24, 2.45) is 23.5 Å². The summed E-state index contributed by atoms with van der Waals surface area (Å²) < 4.78 is 0. The van der Waals surface area contributed by atoms with Crippen molar-refractivity contribution >= 4 is 5.91 Å². The summed E-state index contributed by atoms with van der Waals surface area (Å²) in [5.41, 5.74) is 5.60. The Kier molecular flexibility index (Phi) is 2.69. The molecule has 4 aliphatic carbocycles. The average molecular weight is 303 g/mol. The summed E-state index contributed by atoms with van der Waals surface area (Å²) in [6.45, 7) is 0. The maximum Gasteiger partial charge on any atom is 0.252 e. The molecule has 0 saturated heterocycles.